The summed E-state index contributed by atoms with van der Waals surface area (Å²) in [6.45, 7) is 3.80. The number of anilines is 1. The van der Waals surface area contributed by atoms with Crippen LogP contribution in [0.25, 0.3) is 11.4 Å². The molecule has 3 aromatic heterocycles. The number of carbonyl (C=O) groups is 1. The number of nitrogens with zero attached hydrogens (tertiary/aromatic N) is 6. The number of hydrogen-bond acceptors (Lipinski definition) is 6. The number of rotatable bonds is 5. The van der Waals surface area contributed by atoms with E-state index in [9.17, 15) is 4.79 Å². The molecule has 0 aliphatic heterocycles. The average Bonchev–Trinajstić information content (AvgIpc) is 3.08. The summed E-state index contributed by atoms with van der Waals surface area (Å²) in [5, 5.41) is 16.3. The molecule has 8 nitrogen and oxygen atoms in total. The molecule has 1 amide bonds. The highest BCUT2D eigenvalue weighted by Gasteiger charge is 2.15. The molecule has 25 heavy (non-hydrogen) atoms. The number of hydrogen-bond donors (Lipinski definition) is 1. The van der Waals surface area contributed by atoms with E-state index in [1.165, 1.54) is 11.8 Å². The van der Waals surface area contributed by atoms with Crippen molar-refractivity contribution in [3.05, 3.63) is 35.9 Å². The number of nitrogens with one attached hydrogen (secondary N) is 1. The molecule has 9 heteroatoms. The first-order valence-corrected chi connectivity index (χ1v) is 8.68. The smallest absolute Gasteiger partial charge is 0.234 e. The van der Waals surface area contributed by atoms with Crippen LogP contribution in [0.2, 0.25) is 0 Å². The first-order chi connectivity index (χ1) is 12.0. The van der Waals surface area contributed by atoms with Gasteiger partial charge in [0.2, 0.25) is 5.91 Å². The van der Waals surface area contributed by atoms with Crippen LogP contribution in [0.4, 0.5) is 5.69 Å². The number of amides is 1. The van der Waals surface area contributed by atoms with Crippen molar-refractivity contribution >= 4 is 23.4 Å². The molecule has 0 spiro atoms. The Balaban J connectivity index is 1.66. The van der Waals surface area contributed by atoms with Crippen molar-refractivity contribution < 1.29 is 4.79 Å². The maximum Gasteiger partial charge on any atom is 0.234 e. The predicted molar refractivity (Wildman–Crippen MR) is 96.3 cm³/mol. The summed E-state index contributed by atoms with van der Waals surface area (Å²) in [4.78, 5) is 16.3. The minimum absolute atomic E-state index is 0.0994. The molecule has 0 saturated carbocycles. The van der Waals surface area contributed by atoms with Crippen LogP contribution >= 0.6 is 11.8 Å². The Morgan fingerprint density at radius 2 is 1.92 bits per heavy atom. The van der Waals surface area contributed by atoms with E-state index < -0.39 is 0 Å². The molecule has 3 heterocycles. The normalized spacial score (nSPS) is 10.9. The van der Waals surface area contributed by atoms with Gasteiger partial charge in [-0.1, -0.05) is 11.8 Å². The standard InChI is InChI=1S/C16H19N7OS/c1-10-14(11(2)23(4)21-10)18-13(24)9-25-16-20-19-15(22(16)3)12-5-7-17-8-6-12/h5-8H,9H2,1-4H3,(H,18,24). The topological polar surface area (TPSA) is 90.5 Å². The van der Waals surface area contributed by atoms with Gasteiger partial charge in [-0.3, -0.25) is 14.5 Å². The zero-order valence-corrected chi connectivity index (χ0v) is 15.3. The lowest BCUT2D eigenvalue weighted by atomic mass is 10.2. The molecule has 3 aromatic rings. The molecule has 0 radical (unpaired) electrons. The van der Waals surface area contributed by atoms with Crippen molar-refractivity contribution in [2.24, 2.45) is 14.1 Å². The Hall–Kier alpha value is -2.68. The Labute approximate surface area is 149 Å². The van der Waals surface area contributed by atoms with Gasteiger partial charge in [0.25, 0.3) is 0 Å². The number of thioether (sulfide) groups is 1. The molecule has 0 unspecified atom stereocenters. The third-order valence-corrected chi connectivity index (χ3v) is 4.90. The zero-order valence-electron chi connectivity index (χ0n) is 14.5. The van der Waals surface area contributed by atoms with E-state index in [0.717, 1.165) is 28.5 Å². The maximum atomic E-state index is 12.3. The van der Waals surface area contributed by atoms with Gasteiger partial charge in [0.1, 0.15) is 0 Å². The first-order valence-electron chi connectivity index (χ1n) is 7.70. The van der Waals surface area contributed by atoms with Crippen LogP contribution in [0.1, 0.15) is 11.4 Å². The summed E-state index contributed by atoms with van der Waals surface area (Å²) in [5.74, 6) is 0.887. The molecule has 0 aromatic carbocycles. The molecule has 1 N–H and O–H groups in total. The second-order valence-corrected chi connectivity index (χ2v) is 6.55. The van der Waals surface area contributed by atoms with Gasteiger partial charge in [-0.15, -0.1) is 10.2 Å². The molecule has 0 bridgehead atoms. The molecule has 0 aliphatic carbocycles. The minimum atomic E-state index is -0.0994. The SMILES string of the molecule is Cc1nn(C)c(C)c1NC(=O)CSc1nnc(-c2ccncc2)n1C. The number of carbonyl (C=O) groups excluding carboxylic acids is 1. The van der Waals surface area contributed by atoms with Crippen molar-refractivity contribution in [1.29, 1.82) is 0 Å². The van der Waals surface area contributed by atoms with E-state index in [1.807, 2.05) is 44.6 Å². The van der Waals surface area contributed by atoms with Gasteiger partial charge in [-0.2, -0.15) is 5.10 Å². The molecule has 0 saturated heterocycles. The van der Waals surface area contributed by atoms with Gasteiger partial charge in [0, 0.05) is 32.1 Å². The summed E-state index contributed by atoms with van der Waals surface area (Å²) >= 11 is 1.34. The van der Waals surface area contributed by atoms with Gasteiger partial charge in [-0.25, -0.2) is 0 Å². The fourth-order valence-electron chi connectivity index (χ4n) is 2.45. The fourth-order valence-corrected chi connectivity index (χ4v) is 3.16. The summed E-state index contributed by atoms with van der Waals surface area (Å²) in [7, 11) is 3.73. The molecule has 3 rings (SSSR count). The minimum Gasteiger partial charge on any atom is -0.322 e. The van der Waals surface area contributed by atoms with Crippen molar-refractivity contribution in [3.8, 4) is 11.4 Å². The van der Waals surface area contributed by atoms with Gasteiger partial charge < -0.3 is 9.88 Å². The van der Waals surface area contributed by atoms with E-state index >= 15 is 0 Å². The maximum absolute atomic E-state index is 12.3. The van der Waals surface area contributed by atoms with Gasteiger partial charge in [-0.05, 0) is 26.0 Å². The van der Waals surface area contributed by atoms with Crippen molar-refractivity contribution in [2.75, 3.05) is 11.1 Å². The Morgan fingerprint density at radius 3 is 2.56 bits per heavy atom. The second kappa shape index (κ2) is 7.06. The zero-order chi connectivity index (χ0) is 18.0. The van der Waals surface area contributed by atoms with Crippen LogP contribution < -0.4 is 5.32 Å². The largest absolute Gasteiger partial charge is 0.322 e. The predicted octanol–water partition coefficient (Wildman–Crippen LogP) is 1.96. The molecule has 130 valence electrons. The molecular formula is C16H19N7OS. The third kappa shape index (κ3) is 3.55. The average molecular weight is 357 g/mol. The van der Waals surface area contributed by atoms with Crippen LogP contribution in [0.3, 0.4) is 0 Å². The summed E-state index contributed by atoms with van der Waals surface area (Å²) in [6, 6.07) is 3.75. The Bertz CT molecular complexity index is 901. The van der Waals surface area contributed by atoms with Gasteiger partial charge in [0.05, 0.1) is 22.8 Å². The summed E-state index contributed by atoms with van der Waals surface area (Å²) in [6.07, 6.45) is 3.42. The third-order valence-electron chi connectivity index (χ3n) is 3.88. The lowest BCUT2D eigenvalue weighted by Gasteiger charge is -2.06. The van der Waals surface area contributed by atoms with Crippen LogP contribution in [0.15, 0.2) is 29.7 Å². The molecule has 0 atom stereocenters. The highest BCUT2D eigenvalue weighted by molar-refractivity contribution is 7.99. The number of pyridine rings is 1. The van der Waals surface area contributed by atoms with Crippen LogP contribution in [0.5, 0.6) is 0 Å². The van der Waals surface area contributed by atoms with Crippen molar-refractivity contribution in [1.82, 2.24) is 29.5 Å². The van der Waals surface area contributed by atoms with Gasteiger partial charge in [0.15, 0.2) is 11.0 Å². The van der Waals surface area contributed by atoms with Crippen molar-refractivity contribution in [3.63, 3.8) is 0 Å². The summed E-state index contributed by atoms with van der Waals surface area (Å²) < 4.78 is 3.62. The highest BCUT2D eigenvalue weighted by atomic mass is 32.2. The quantitative estimate of drug-likeness (QED) is 0.702. The lowest BCUT2D eigenvalue weighted by Crippen LogP contribution is -2.15. The molecule has 0 aliphatic rings. The van der Waals surface area contributed by atoms with Gasteiger partial charge >= 0.3 is 0 Å². The second-order valence-electron chi connectivity index (χ2n) is 5.61. The van der Waals surface area contributed by atoms with E-state index in [0.29, 0.717) is 5.16 Å². The highest BCUT2D eigenvalue weighted by Crippen LogP contribution is 2.23. The van der Waals surface area contributed by atoms with E-state index in [1.54, 1.807) is 17.1 Å². The monoisotopic (exact) mass is 357 g/mol. The van der Waals surface area contributed by atoms with E-state index in [-0.39, 0.29) is 11.7 Å². The van der Waals surface area contributed by atoms with Crippen LogP contribution in [-0.2, 0) is 18.9 Å². The molecular weight excluding hydrogens is 338 g/mol. The van der Waals surface area contributed by atoms with Crippen molar-refractivity contribution in [2.45, 2.75) is 19.0 Å². The lowest BCUT2D eigenvalue weighted by molar-refractivity contribution is -0.113. The Morgan fingerprint density at radius 1 is 1.20 bits per heavy atom. The molecule has 0 fully saturated rings. The first kappa shape index (κ1) is 17.2. The number of aromatic nitrogens is 6. The fraction of sp³-hybridized carbons (Fsp3) is 0.312. The summed E-state index contributed by atoms with van der Waals surface area (Å²) in [5.41, 5.74) is 3.43. The van der Waals surface area contributed by atoms with Crippen LogP contribution in [-0.4, -0.2) is 41.2 Å². The van der Waals surface area contributed by atoms with E-state index in [2.05, 4.69) is 25.6 Å². The van der Waals surface area contributed by atoms with Crippen LogP contribution in [0, 0.1) is 13.8 Å². The number of aryl methyl sites for hydroxylation is 2. The Kier molecular flexibility index (Phi) is 4.84. The van der Waals surface area contributed by atoms with E-state index in [4.69, 9.17) is 0 Å².